The van der Waals surface area contributed by atoms with Crippen LogP contribution in [0.5, 0.6) is 0 Å². The third kappa shape index (κ3) is 4.77. The average molecular weight is 498 g/mol. The van der Waals surface area contributed by atoms with E-state index in [-0.39, 0.29) is 17.7 Å². The Balaban J connectivity index is 1.92. The molecule has 2 heterocycles. The van der Waals surface area contributed by atoms with Gasteiger partial charge in [-0.2, -0.15) is 0 Å². The molecule has 1 saturated heterocycles. The lowest BCUT2D eigenvalue weighted by Crippen LogP contribution is -2.62. The molecule has 31 heavy (non-hydrogen) atoms. The van der Waals surface area contributed by atoms with Gasteiger partial charge in [-0.1, -0.05) is 28.1 Å². The fourth-order valence-electron chi connectivity index (χ4n) is 3.57. The first-order valence-electron chi connectivity index (χ1n) is 9.36. The Morgan fingerprint density at radius 1 is 0.871 bits per heavy atom. The van der Waals surface area contributed by atoms with Crippen LogP contribution >= 0.6 is 15.9 Å². The Morgan fingerprint density at radius 3 is 1.81 bits per heavy atom. The Hall–Kier alpha value is -2.79. The number of carbonyl (C=O) groups is 5. The molecule has 0 radical (unpaired) electrons. The fraction of sp³-hybridized carbons (Fsp3) is 0.450. The maximum atomic E-state index is 12.7. The van der Waals surface area contributed by atoms with Crippen LogP contribution in [0, 0.1) is 0 Å². The Morgan fingerprint density at radius 2 is 1.32 bits per heavy atom. The lowest BCUT2D eigenvalue weighted by atomic mass is 9.98. The fourth-order valence-corrected chi connectivity index (χ4v) is 4.26. The van der Waals surface area contributed by atoms with Gasteiger partial charge in [0.15, 0.2) is 23.3 Å². The molecule has 2 amide bonds. The van der Waals surface area contributed by atoms with E-state index in [0.717, 1.165) is 25.7 Å². The number of alkyl halides is 1. The molecule has 1 aromatic carbocycles. The van der Waals surface area contributed by atoms with Crippen molar-refractivity contribution in [1.29, 1.82) is 0 Å². The van der Waals surface area contributed by atoms with Crippen molar-refractivity contribution < 1.29 is 42.9 Å². The van der Waals surface area contributed by atoms with E-state index in [1.807, 2.05) is 0 Å². The molecule has 3 rings (SSSR count). The quantitative estimate of drug-likeness (QED) is 0.255. The number of hydrogen-bond donors (Lipinski definition) is 0. The third-order valence-corrected chi connectivity index (χ3v) is 5.46. The summed E-state index contributed by atoms with van der Waals surface area (Å²) < 4.78 is 21.7. The van der Waals surface area contributed by atoms with Crippen LogP contribution in [0.2, 0.25) is 0 Å². The molecule has 0 N–H and O–H groups in total. The van der Waals surface area contributed by atoms with Crippen molar-refractivity contribution in [1.82, 2.24) is 4.90 Å². The van der Waals surface area contributed by atoms with E-state index in [1.165, 1.54) is 12.1 Å². The van der Waals surface area contributed by atoms with Gasteiger partial charge in [0.05, 0.1) is 17.7 Å². The van der Waals surface area contributed by atoms with Crippen molar-refractivity contribution in [3.8, 4) is 0 Å². The first kappa shape index (κ1) is 22.9. The molecule has 0 aliphatic carbocycles. The van der Waals surface area contributed by atoms with Crippen LogP contribution in [0.1, 0.15) is 41.5 Å². The standard InChI is InChI=1S/C20H20BrNO9/c1-9(23)28-15-14(8-22-19(26)12-6-4-5-7-13(12)20(22)27)31-18(21)17(30-11(3)25)16(15)29-10(2)24/h4-7,14-18H,8H2,1-3H3/t14-,15+,16+,17-,18+/m1/s1. The summed E-state index contributed by atoms with van der Waals surface area (Å²) in [5.74, 6) is -3.14. The minimum atomic E-state index is -1.25. The molecule has 0 aromatic heterocycles. The third-order valence-electron chi connectivity index (χ3n) is 4.72. The zero-order valence-corrected chi connectivity index (χ0v) is 18.5. The predicted molar refractivity (Wildman–Crippen MR) is 106 cm³/mol. The predicted octanol–water partition coefficient (Wildman–Crippen LogP) is 1.20. The molecule has 2 aliphatic rings. The number of benzene rings is 1. The van der Waals surface area contributed by atoms with E-state index in [9.17, 15) is 24.0 Å². The summed E-state index contributed by atoms with van der Waals surface area (Å²) in [6.45, 7) is 3.17. The summed E-state index contributed by atoms with van der Waals surface area (Å²) in [5, 5.41) is -0.965. The first-order valence-corrected chi connectivity index (χ1v) is 10.3. The Bertz CT molecular complexity index is 898. The largest absolute Gasteiger partial charge is 0.456 e. The number of imide groups is 1. The highest BCUT2D eigenvalue weighted by molar-refractivity contribution is 9.09. The molecule has 1 fully saturated rings. The van der Waals surface area contributed by atoms with Gasteiger partial charge in [0.25, 0.3) is 11.8 Å². The van der Waals surface area contributed by atoms with Crippen molar-refractivity contribution in [2.24, 2.45) is 0 Å². The lowest BCUT2D eigenvalue weighted by molar-refractivity contribution is -0.231. The van der Waals surface area contributed by atoms with Gasteiger partial charge in [-0.05, 0) is 12.1 Å². The van der Waals surface area contributed by atoms with Crippen molar-refractivity contribution in [3.05, 3.63) is 35.4 Å². The van der Waals surface area contributed by atoms with Crippen molar-refractivity contribution in [3.63, 3.8) is 0 Å². The van der Waals surface area contributed by atoms with Crippen LogP contribution in [-0.2, 0) is 33.3 Å². The van der Waals surface area contributed by atoms with Crippen molar-refractivity contribution in [2.45, 2.75) is 50.2 Å². The number of rotatable bonds is 5. The minimum Gasteiger partial charge on any atom is -0.456 e. The molecule has 0 saturated carbocycles. The number of fused-ring (bicyclic) bond motifs is 1. The summed E-state index contributed by atoms with van der Waals surface area (Å²) in [4.78, 5) is 61.5. The Labute approximate surface area is 185 Å². The minimum absolute atomic E-state index is 0.247. The number of esters is 3. The highest BCUT2D eigenvalue weighted by Crippen LogP contribution is 2.33. The number of halogens is 1. The van der Waals surface area contributed by atoms with Gasteiger partial charge < -0.3 is 18.9 Å². The van der Waals surface area contributed by atoms with Gasteiger partial charge in [-0.25, -0.2) is 0 Å². The highest BCUT2D eigenvalue weighted by atomic mass is 79.9. The highest BCUT2D eigenvalue weighted by Gasteiger charge is 2.52. The van der Waals surface area contributed by atoms with E-state index < -0.39 is 59.2 Å². The maximum absolute atomic E-state index is 12.7. The van der Waals surface area contributed by atoms with Gasteiger partial charge in [-0.15, -0.1) is 0 Å². The summed E-state index contributed by atoms with van der Waals surface area (Å²) in [7, 11) is 0. The molecule has 11 heteroatoms. The normalized spacial score (nSPS) is 27.5. The zero-order valence-electron chi connectivity index (χ0n) is 16.9. The van der Waals surface area contributed by atoms with Crippen molar-refractivity contribution in [2.75, 3.05) is 6.54 Å². The average Bonchev–Trinajstić information content (AvgIpc) is 2.92. The summed E-state index contributed by atoms with van der Waals surface area (Å²) >= 11 is 3.24. The van der Waals surface area contributed by atoms with Crippen LogP contribution < -0.4 is 0 Å². The monoisotopic (exact) mass is 497 g/mol. The molecular weight excluding hydrogens is 478 g/mol. The van der Waals surface area contributed by atoms with Gasteiger partial charge >= 0.3 is 17.9 Å². The van der Waals surface area contributed by atoms with Gasteiger partial charge in [0, 0.05) is 20.8 Å². The molecule has 1 aromatic rings. The number of nitrogens with zero attached hydrogens (tertiary/aromatic N) is 1. The maximum Gasteiger partial charge on any atom is 0.303 e. The zero-order chi connectivity index (χ0) is 22.9. The van der Waals surface area contributed by atoms with Crippen LogP contribution in [0.15, 0.2) is 24.3 Å². The molecule has 10 nitrogen and oxygen atoms in total. The van der Waals surface area contributed by atoms with Gasteiger partial charge in [0.1, 0.15) is 6.10 Å². The van der Waals surface area contributed by atoms with E-state index in [4.69, 9.17) is 18.9 Å². The molecule has 0 spiro atoms. The topological polar surface area (TPSA) is 126 Å². The molecule has 166 valence electrons. The summed E-state index contributed by atoms with van der Waals surface area (Å²) in [5.41, 5.74) is 0.495. The van der Waals surface area contributed by atoms with E-state index in [0.29, 0.717) is 0 Å². The molecular formula is C20H20BrNO9. The second-order valence-corrected chi connectivity index (χ2v) is 7.92. The second kappa shape index (κ2) is 9.15. The van der Waals surface area contributed by atoms with E-state index >= 15 is 0 Å². The van der Waals surface area contributed by atoms with Crippen LogP contribution in [0.4, 0.5) is 0 Å². The molecule has 5 atom stereocenters. The summed E-state index contributed by atoms with van der Waals surface area (Å²) in [6.07, 6.45) is -4.68. The Kier molecular flexibility index (Phi) is 6.75. The molecule has 2 aliphatic heterocycles. The molecule has 0 bridgehead atoms. The first-order chi connectivity index (χ1) is 14.6. The van der Waals surface area contributed by atoms with E-state index in [1.54, 1.807) is 12.1 Å². The number of hydrogen-bond acceptors (Lipinski definition) is 9. The lowest BCUT2D eigenvalue weighted by Gasteiger charge is -2.43. The summed E-state index contributed by atoms with van der Waals surface area (Å²) in [6, 6.07) is 6.35. The van der Waals surface area contributed by atoms with E-state index in [2.05, 4.69) is 15.9 Å². The molecule has 0 unspecified atom stereocenters. The number of amides is 2. The van der Waals surface area contributed by atoms with Gasteiger partial charge in [-0.3, -0.25) is 28.9 Å². The number of ether oxygens (including phenoxy) is 4. The second-order valence-electron chi connectivity index (χ2n) is 7.01. The SMILES string of the molecule is CC(=O)O[C@@H]1[C@@H](OC(C)=O)[C@@H](Br)O[C@H](CN2C(=O)c3ccccc3C2=O)[C@@H]1OC(C)=O. The van der Waals surface area contributed by atoms with Crippen LogP contribution in [0.25, 0.3) is 0 Å². The van der Waals surface area contributed by atoms with Gasteiger partial charge in [0.2, 0.25) is 0 Å². The number of carbonyl (C=O) groups excluding carboxylic acids is 5. The van der Waals surface area contributed by atoms with Crippen LogP contribution in [0.3, 0.4) is 0 Å². The van der Waals surface area contributed by atoms with Crippen molar-refractivity contribution >= 4 is 45.7 Å². The van der Waals surface area contributed by atoms with Crippen LogP contribution in [-0.4, -0.2) is 70.6 Å². The smallest absolute Gasteiger partial charge is 0.303 e.